The fourth-order valence-electron chi connectivity index (χ4n) is 2.28. The molecular formula is C14H14F2N4O4S2. The summed E-state index contributed by atoms with van der Waals surface area (Å²) < 4.78 is 56.7. The lowest BCUT2D eigenvalue weighted by Crippen LogP contribution is -2.40. The van der Waals surface area contributed by atoms with Crippen molar-refractivity contribution in [3.05, 3.63) is 34.8 Å². The largest absolute Gasteiger partial charge is 0.379 e. The lowest BCUT2D eigenvalue weighted by atomic mass is 10.2. The third kappa shape index (κ3) is 4.03. The zero-order valence-electron chi connectivity index (χ0n) is 13.3. The number of hydrogen-bond acceptors (Lipinski definition) is 7. The molecule has 26 heavy (non-hydrogen) atoms. The Morgan fingerprint density at radius 3 is 2.65 bits per heavy atom. The SMILES string of the molecule is O=C(Nc1nnc(C(F)F)s1)c1cccc(S(=O)(=O)N2CCOCC2)c1. The first-order valence-electron chi connectivity index (χ1n) is 7.49. The number of nitrogens with one attached hydrogen (secondary N) is 1. The van der Waals surface area contributed by atoms with Crippen LogP contribution in [0, 0.1) is 0 Å². The van der Waals surface area contributed by atoms with Gasteiger partial charge in [-0.25, -0.2) is 17.2 Å². The molecule has 1 aromatic carbocycles. The second kappa shape index (κ2) is 7.70. The Labute approximate surface area is 151 Å². The van der Waals surface area contributed by atoms with E-state index in [1.165, 1.54) is 28.6 Å². The van der Waals surface area contributed by atoms with Gasteiger partial charge in [0.25, 0.3) is 12.3 Å². The number of amides is 1. The average molecular weight is 404 g/mol. The highest BCUT2D eigenvalue weighted by molar-refractivity contribution is 7.89. The van der Waals surface area contributed by atoms with Crippen LogP contribution >= 0.6 is 11.3 Å². The van der Waals surface area contributed by atoms with Crippen LogP contribution in [0.4, 0.5) is 13.9 Å². The van der Waals surface area contributed by atoms with Crippen molar-refractivity contribution in [3.8, 4) is 0 Å². The van der Waals surface area contributed by atoms with Gasteiger partial charge in [-0.15, -0.1) is 10.2 Å². The van der Waals surface area contributed by atoms with Gasteiger partial charge in [0.15, 0.2) is 5.01 Å². The first-order chi connectivity index (χ1) is 12.4. The van der Waals surface area contributed by atoms with Crippen LogP contribution in [0.3, 0.4) is 0 Å². The molecule has 2 heterocycles. The molecule has 12 heteroatoms. The van der Waals surface area contributed by atoms with E-state index >= 15 is 0 Å². The van der Waals surface area contributed by atoms with Gasteiger partial charge in [0, 0.05) is 18.7 Å². The van der Waals surface area contributed by atoms with Crippen molar-refractivity contribution in [2.75, 3.05) is 31.6 Å². The Morgan fingerprint density at radius 1 is 1.27 bits per heavy atom. The Bertz CT molecular complexity index is 898. The van der Waals surface area contributed by atoms with Crippen LogP contribution in [0.5, 0.6) is 0 Å². The number of anilines is 1. The zero-order valence-corrected chi connectivity index (χ0v) is 14.9. The summed E-state index contributed by atoms with van der Waals surface area (Å²) in [5.41, 5.74) is 0.0631. The highest BCUT2D eigenvalue weighted by atomic mass is 32.2. The van der Waals surface area contributed by atoms with Gasteiger partial charge in [-0.3, -0.25) is 10.1 Å². The standard InChI is InChI=1S/C14H14F2N4O4S2/c15-11(16)13-18-19-14(25-13)17-12(21)9-2-1-3-10(8-9)26(22,23)20-4-6-24-7-5-20/h1-3,8,11H,4-7H2,(H,17,19,21). The molecule has 0 saturated carbocycles. The van der Waals surface area contributed by atoms with Crippen molar-refractivity contribution in [2.45, 2.75) is 11.3 Å². The normalized spacial score (nSPS) is 16.0. The van der Waals surface area contributed by atoms with E-state index in [-0.39, 0.29) is 28.7 Å². The van der Waals surface area contributed by atoms with Crippen molar-refractivity contribution in [3.63, 3.8) is 0 Å². The van der Waals surface area contributed by atoms with Gasteiger partial charge < -0.3 is 4.74 Å². The number of sulfonamides is 1. The molecule has 1 aromatic heterocycles. The molecule has 1 saturated heterocycles. The smallest absolute Gasteiger partial charge is 0.291 e. The lowest BCUT2D eigenvalue weighted by Gasteiger charge is -2.26. The van der Waals surface area contributed by atoms with E-state index in [1.807, 2.05) is 0 Å². The van der Waals surface area contributed by atoms with Crippen LogP contribution in [0.2, 0.25) is 0 Å². The molecule has 0 bridgehead atoms. The molecule has 140 valence electrons. The summed E-state index contributed by atoms with van der Waals surface area (Å²) in [6.07, 6.45) is -2.78. The third-order valence-corrected chi connectivity index (χ3v) is 6.29. The van der Waals surface area contributed by atoms with Crippen LogP contribution in [-0.2, 0) is 14.8 Å². The number of morpholine rings is 1. The van der Waals surface area contributed by atoms with Crippen molar-refractivity contribution in [2.24, 2.45) is 0 Å². The summed E-state index contributed by atoms with van der Waals surface area (Å²) in [5, 5.41) is 8.47. The molecule has 0 radical (unpaired) electrons. The first-order valence-corrected chi connectivity index (χ1v) is 9.74. The number of aromatic nitrogens is 2. The molecule has 8 nitrogen and oxygen atoms in total. The van der Waals surface area contributed by atoms with E-state index in [0.717, 1.165) is 0 Å². The van der Waals surface area contributed by atoms with Gasteiger partial charge in [0.1, 0.15) is 0 Å². The minimum Gasteiger partial charge on any atom is -0.379 e. The minimum atomic E-state index is -3.75. The molecule has 1 amide bonds. The Kier molecular flexibility index (Phi) is 5.55. The topological polar surface area (TPSA) is 101 Å². The Morgan fingerprint density at radius 2 is 2.00 bits per heavy atom. The molecule has 1 aliphatic rings. The Balaban J connectivity index is 1.78. The molecule has 1 N–H and O–H groups in total. The Hall–Kier alpha value is -2.02. The van der Waals surface area contributed by atoms with E-state index < -0.39 is 27.4 Å². The number of halogens is 2. The van der Waals surface area contributed by atoms with Crippen molar-refractivity contribution in [1.82, 2.24) is 14.5 Å². The molecule has 3 rings (SSSR count). The fraction of sp³-hybridized carbons (Fsp3) is 0.357. The monoisotopic (exact) mass is 404 g/mol. The van der Waals surface area contributed by atoms with Gasteiger partial charge in [-0.05, 0) is 18.2 Å². The molecule has 2 aromatic rings. The number of nitrogens with zero attached hydrogens (tertiary/aromatic N) is 3. The maximum Gasteiger partial charge on any atom is 0.291 e. The maximum atomic E-state index is 12.6. The second-order valence-electron chi connectivity index (χ2n) is 5.24. The van der Waals surface area contributed by atoms with Crippen LogP contribution in [0.1, 0.15) is 21.8 Å². The first kappa shape index (κ1) is 18.8. The maximum absolute atomic E-state index is 12.6. The number of ether oxygens (including phenoxy) is 1. The highest BCUT2D eigenvalue weighted by Gasteiger charge is 2.27. The molecular weight excluding hydrogens is 390 g/mol. The highest BCUT2D eigenvalue weighted by Crippen LogP contribution is 2.25. The summed E-state index contributed by atoms with van der Waals surface area (Å²) in [6, 6.07) is 5.48. The van der Waals surface area contributed by atoms with Crippen LogP contribution in [0.25, 0.3) is 0 Å². The predicted molar refractivity (Wildman–Crippen MR) is 88.8 cm³/mol. The fourth-order valence-corrected chi connectivity index (χ4v) is 4.32. The number of carbonyl (C=O) groups excluding carboxylic acids is 1. The van der Waals surface area contributed by atoms with Crippen LogP contribution < -0.4 is 5.32 Å². The summed E-state index contributed by atoms with van der Waals surface area (Å²) in [7, 11) is -3.75. The number of benzene rings is 1. The van der Waals surface area contributed by atoms with E-state index in [9.17, 15) is 22.0 Å². The van der Waals surface area contributed by atoms with E-state index in [4.69, 9.17) is 4.74 Å². The van der Waals surface area contributed by atoms with E-state index in [0.29, 0.717) is 24.6 Å². The van der Waals surface area contributed by atoms with Gasteiger partial charge in [-0.2, -0.15) is 4.31 Å². The van der Waals surface area contributed by atoms with Crippen molar-refractivity contribution >= 4 is 32.4 Å². The molecule has 1 fully saturated rings. The van der Waals surface area contributed by atoms with Gasteiger partial charge in [0.05, 0.1) is 18.1 Å². The van der Waals surface area contributed by atoms with Gasteiger partial charge in [-0.1, -0.05) is 17.4 Å². The van der Waals surface area contributed by atoms with Crippen LogP contribution in [0.15, 0.2) is 29.2 Å². The van der Waals surface area contributed by atoms with Crippen molar-refractivity contribution in [1.29, 1.82) is 0 Å². The second-order valence-corrected chi connectivity index (χ2v) is 8.19. The summed E-state index contributed by atoms with van der Waals surface area (Å²) in [4.78, 5) is 12.2. The van der Waals surface area contributed by atoms with E-state index in [1.54, 1.807) is 0 Å². The number of rotatable bonds is 5. The lowest BCUT2D eigenvalue weighted by molar-refractivity contribution is 0.0730. The predicted octanol–water partition coefficient (Wildman–Crippen LogP) is 1.75. The quantitative estimate of drug-likeness (QED) is 0.815. The van der Waals surface area contributed by atoms with Crippen LogP contribution in [-0.4, -0.2) is 55.1 Å². The molecule has 1 aliphatic heterocycles. The average Bonchev–Trinajstić information content (AvgIpc) is 3.11. The van der Waals surface area contributed by atoms with E-state index in [2.05, 4.69) is 15.5 Å². The minimum absolute atomic E-state index is 0.0300. The molecule has 0 aliphatic carbocycles. The number of alkyl halides is 2. The molecule has 0 unspecified atom stereocenters. The zero-order chi connectivity index (χ0) is 18.7. The van der Waals surface area contributed by atoms with Crippen molar-refractivity contribution < 1.29 is 26.7 Å². The van der Waals surface area contributed by atoms with Gasteiger partial charge in [0.2, 0.25) is 15.2 Å². The summed E-state index contributed by atoms with van der Waals surface area (Å²) in [5.74, 6) is -0.666. The molecule has 0 spiro atoms. The third-order valence-electron chi connectivity index (χ3n) is 3.55. The molecule has 0 atom stereocenters. The number of carbonyl (C=O) groups is 1. The van der Waals surface area contributed by atoms with Gasteiger partial charge >= 0.3 is 0 Å². The summed E-state index contributed by atoms with van der Waals surface area (Å²) >= 11 is 0.552. The summed E-state index contributed by atoms with van der Waals surface area (Å²) in [6.45, 7) is 1.09. The number of hydrogen-bond donors (Lipinski definition) is 1.